The Morgan fingerprint density at radius 2 is 1.61 bits per heavy atom. The van der Waals surface area contributed by atoms with Crippen LogP contribution < -0.4 is 4.43 Å². The maximum Gasteiger partial charge on any atom is 0.295 e. The van der Waals surface area contributed by atoms with Gasteiger partial charge in [-0.1, -0.05) is 30.3 Å². The number of allylic oxidation sites excluding steroid dienone is 1. The van der Waals surface area contributed by atoms with Crippen molar-refractivity contribution < 1.29 is 4.43 Å². The number of H-pyrrole nitrogens is 1. The molecule has 0 saturated carbocycles. The van der Waals surface area contributed by atoms with Crippen molar-refractivity contribution in [1.82, 2.24) is 4.98 Å². The fraction of sp³-hybridized carbons (Fsp3) is 0. The molecule has 0 radical (unpaired) electrons. The molecular formula is C18H9N4O+. The maximum absolute atomic E-state index is 12.8. The Kier molecular flexibility index (Phi) is 2.63. The molecule has 3 aromatic rings. The second-order valence-corrected chi connectivity index (χ2v) is 5.18. The minimum absolute atomic E-state index is 0.0114. The molecule has 0 fully saturated rings. The number of nitrogens with one attached hydrogen (secondary N) is 1. The van der Waals surface area contributed by atoms with Gasteiger partial charge in [0.15, 0.2) is 0 Å². The van der Waals surface area contributed by atoms with Crippen LogP contribution in [0.4, 0.5) is 0 Å². The molecule has 1 aliphatic rings. The van der Waals surface area contributed by atoms with Crippen LogP contribution in [0.3, 0.4) is 0 Å². The number of hydrogen-bond acceptors (Lipinski definition) is 3. The zero-order valence-corrected chi connectivity index (χ0v) is 11.9. The number of hydrogen-bond donors (Lipinski definition) is 1. The Morgan fingerprint density at radius 3 is 2.35 bits per heavy atom. The van der Waals surface area contributed by atoms with E-state index in [1.54, 1.807) is 18.2 Å². The molecule has 1 heterocycles. The Hall–Kier alpha value is -3.70. The molecule has 4 rings (SSSR count). The van der Waals surface area contributed by atoms with Crippen LogP contribution in [-0.2, 0) is 0 Å². The van der Waals surface area contributed by atoms with Gasteiger partial charge in [0, 0.05) is 22.1 Å². The van der Waals surface area contributed by atoms with E-state index in [0.717, 1.165) is 15.6 Å². The highest BCUT2D eigenvalue weighted by atomic mass is 16.3. The molecule has 0 unspecified atom stereocenters. The lowest BCUT2D eigenvalue weighted by molar-refractivity contribution is -0.451. The Labute approximate surface area is 131 Å². The molecule has 0 spiro atoms. The molecule has 5 nitrogen and oxygen atoms in total. The van der Waals surface area contributed by atoms with E-state index in [9.17, 15) is 15.4 Å². The number of nitriles is 2. The highest BCUT2D eigenvalue weighted by Crippen LogP contribution is 2.42. The average Bonchev–Trinajstić information content (AvgIpc) is 2.91. The predicted molar refractivity (Wildman–Crippen MR) is 84.3 cm³/mol. The summed E-state index contributed by atoms with van der Waals surface area (Å²) in [6, 6.07) is 18.3. The SMILES string of the molecule is N#CC(C#N)=C1c2ccccc2-c2c1[nH]c1ccccc1[n+]2=O. The molecule has 1 aliphatic carbocycles. The Morgan fingerprint density at radius 1 is 0.957 bits per heavy atom. The molecule has 0 bridgehead atoms. The summed E-state index contributed by atoms with van der Waals surface area (Å²) in [5.41, 5.74) is 4.03. The molecule has 0 amide bonds. The van der Waals surface area contributed by atoms with Crippen molar-refractivity contribution in [3.8, 4) is 23.4 Å². The van der Waals surface area contributed by atoms with Crippen molar-refractivity contribution in [2.45, 2.75) is 0 Å². The van der Waals surface area contributed by atoms with Crippen molar-refractivity contribution in [2.24, 2.45) is 0 Å². The summed E-state index contributed by atoms with van der Waals surface area (Å²) in [6.45, 7) is 0. The van der Waals surface area contributed by atoms with E-state index in [1.807, 2.05) is 42.5 Å². The van der Waals surface area contributed by atoms with Gasteiger partial charge in [-0.25, -0.2) is 0 Å². The van der Waals surface area contributed by atoms with Crippen molar-refractivity contribution in [3.63, 3.8) is 0 Å². The van der Waals surface area contributed by atoms with Crippen molar-refractivity contribution >= 4 is 16.6 Å². The van der Waals surface area contributed by atoms with Crippen LogP contribution in [-0.4, -0.2) is 4.98 Å². The summed E-state index contributed by atoms with van der Waals surface area (Å²) in [6.07, 6.45) is 0. The fourth-order valence-electron chi connectivity index (χ4n) is 3.04. The van der Waals surface area contributed by atoms with Crippen molar-refractivity contribution in [3.05, 3.63) is 70.3 Å². The largest absolute Gasteiger partial charge is 0.344 e. The number of benzene rings is 2. The Bertz CT molecular complexity index is 1140. The van der Waals surface area contributed by atoms with E-state index in [-0.39, 0.29) is 5.57 Å². The lowest BCUT2D eigenvalue weighted by atomic mass is 10.0. The van der Waals surface area contributed by atoms with E-state index in [2.05, 4.69) is 4.98 Å². The van der Waals surface area contributed by atoms with Crippen LogP contribution in [0.25, 0.3) is 27.9 Å². The lowest BCUT2D eigenvalue weighted by Gasteiger charge is -2.00. The first-order valence-corrected chi connectivity index (χ1v) is 6.98. The Balaban J connectivity index is 2.27. The third kappa shape index (κ3) is 1.65. The molecule has 5 heteroatoms. The topological polar surface area (TPSA) is 86.3 Å². The number of aromatic nitrogens is 2. The molecule has 1 N–H and O–H groups in total. The first kappa shape index (κ1) is 13.0. The van der Waals surface area contributed by atoms with Crippen LogP contribution in [0.5, 0.6) is 0 Å². The van der Waals surface area contributed by atoms with Crippen LogP contribution in [0.2, 0.25) is 0 Å². The van der Waals surface area contributed by atoms with Crippen LogP contribution in [0, 0.1) is 27.6 Å². The number of rotatable bonds is 0. The third-order valence-corrected chi connectivity index (χ3v) is 4.00. The fourth-order valence-corrected chi connectivity index (χ4v) is 3.04. The first-order chi connectivity index (χ1) is 11.3. The number of nitrogens with zero attached hydrogens (tertiary/aromatic N) is 3. The van der Waals surface area contributed by atoms with Crippen molar-refractivity contribution in [2.75, 3.05) is 0 Å². The van der Waals surface area contributed by atoms with E-state index in [4.69, 9.17) is 0 Å². The van der Waals surface area contributed by atoms with Crippen LogP contribution in [0.15, 0.2) is 54.1 Å². The zero-order chi connectivity index (χ0) is 16.0. The summed E-state index contributed by atoms with van der Waals surface area (Å²) in [4.78, 5) is 16.0. The van der Waals surface area contributed by atoms with E-state index < -0.39 is 0 Å². The predicted octanol–water partition coefficient (Wildman–Crippen LogP) is 2.91. The summed E-state index contributed by atoms with van der Waals surface area (Å²) >= 11 is 0. The maximum atomic E-state index is 12.8. The van der Waals surface area contributed by atoms with Gasteiger partial charge in [0.25, 0.3) is 11.2 Å². The van der Waals surface area contributed by atoms with Gasteiger partial charge in [0.2, 0.25) is 0 Å². The van der Waals surface area contributed by atoms with Crippen LogP contribution >= 0.6 is 0 Å². The van der Waals surface area contributed by atoms with Gasteiger partial charge in [0.1, 0.15) is 28.9 Å². The highest BCUT2D eigenvalue weighted by molar-refractivity contribution is 6.01. The number of aromatic amines is 1. The number of fused-ring (bicyclic) bond motifs is 4. The molecule has 1 aromatic heterocycles. The van der Waals surface area contributed by atoms with Gasteiger partial charge >= 0.3 is 0 Å². The first-order valence-electron chi connectivity index (χ1n) is 6.98. The van der Waals surface area contributed by atoms with E-state index >= 15 is 0 Å². The van der Waals surface area contributed by atoms with Crippen molar-refractivity contribution in [1.29, 1.82) is 10.5 Å². The molecule has 0 atom stereocenters. The van der Waals surface area contributed by atoms with Gasteiger partial charge in [-0.05, 0) is 12.1 Å². The van der Waals surface area contributed by atoms with Gasteiger partial charge in [-0.15, -0.1) is 0 Å². The van der Waals surface area contributed by atoms with E-state index in [1.165, 1.54) is 0 Å². The normalized spacial score (nSPS) is 11.5. The quantitative estimate of drug-likeness (QED) is 0.400. The molecule has 2 aromatic carbocycles. The van der Waals surface area contributed by atoms with Gasteiger partial charge in [0.05, 0.1) is 9.99 Å². The third-order valence-electron chi connectivity index (χ3n) is 4.00. The van der Waals surface area contributed by atoms with Crippen LogP contribution in [0.1, 0.15) is 11.3 Å². The van der Waals surface area contributed by atoms with E-state index in [0.29, 0.717) is 28.0 Å². The average molecular weight is 297 g/mol. The summed E-state index contributed by atoms with van der Waals surface area (Å²) in [7, 11) is 0. The summed E-state index contributed by atoms with van der Waals surface area (Å²) in [5.74, 6) is 0. The van der Waals surface area contributed by atoms with Gasteiger partial charge in [-0.3, -0.25) is 0 Å². The second-order valence-electron chi connectivity index (χ2n) is 5.18. The van der Waals surface area contributed by atoms with Gasteiger partial charge in [-0.2, -0.15) is 10.5 Å². The minimum atomic E-state index is -0.0114. The molecule has 0 saturated heterocycles. The highest BCUT2D eigenvalue weighted by Gasteiger charge is 2.36. The molecule has 0 aliphatic heterocycles. The summed E-state index contributed by atoms with van der Waals surface area (Å²) < 4.78 is 0.860. The lowest BCUT2D eigenvalue weighted by Crippen LogP contribution is -2.20. The minimum Gasteiger partial charge on any atom is -0.344 e. The molecular weight excluding hydrogens is 288 g/mol. The summed E-state index contributed by atoms with van der Waals surface area (Å²) in [5, 5.41) is 18.6. The monoisotopic (exact) mass is 297 g/mol. The standard InChI is InChI=1S/C18H9N4O/c19-9-11(10-20)16-12-5-1-2-6-13(12)18-17(16)21-14-7-3-4-8-15(14)22(18)23/h1-8H,(H,21,23)/q+1. The zero-order valence-electron chi connectivity index (χ0n) is 11.9. The molecule has 106 valence electrons. The smallest absolute Gasteiger partial charge is 0.295 e. The molecule has 23 heavy (non-hydrogen) atoms. The number of para-hydroxylation sites is 2. The second kappa shape index (κ2) is 4.66. The van der Waals surface area contributed by atoms with Gasteiger partial charge < -0.3 is 4.98 Å².